The highest BCUT2D eigenvalue weighted by atomic mass is 16.4. The van der Waals surface area contributed by atoms with E-state index in [2.05, 4.69) is 13.0 Å². The van der Waals surface area contributed by atoms with E-state index in [4.69, 9.17) is 5.11 Å². The van der Waals surface area contributed by atoms with Crippen molar-refractivity contribution in [3.05, 3.63) is 42.1 Å². The molecule has 1 aliphatic heterocycles. The lowest BCUT2D eigenvalue weighted by Gasteiger charge is -2.34. The zero-order valence-corrected chi connectivity index (χ0v) is 9.26. The zero-order valence-electron chi connectivity index (χ0n) is 9.26. The number of fused-ring (bicyclic) bond motifs is 1. The van der Waals surface area contributed by atoms with Crippen LogP contribution in [0.25, 0.3) is 0 Å². The molecular formula is C13H15NO2. The number of carbonyl (C=O) groups is 1. The molecule has 0 fully saturated rings. The predicted molar refractivity (Wildman–Crippen MR) is 63.5 cm³/mol. The van der Waals surface area contributed by atoms with Gasteiger partial charge in [0.05, 0.1) is 0 Å². The highest BCUT2D eigenvalue weighted by Crippen LogP contribution is 2.30. The first kappa shape index (κ1) is 10.7. The summed E-state index contributed by atoms with van der Waals surface area (Å²) in [4.78, 5) is 12.6. The topological polar surface area (TPSA) is 40.5 Å². The lowest BCUT2D eigenvalue weighted by Crippen LogP contribution is -2.32. The maximum Gasteiger partial charge on any atom is 0.329 e. The van der Waals surface area contributed by atoms with E-state index in [9.17, 15) is 4.79 Å². The molecule has 0 radical (unpaired) electrons. The molecule has 0 saturated heterocycles. The number of para-hydroxylation sites is 1. The largest absolute Gasteiger partial charge is 0.478 e. The normalized spacial score (nSPS) is 19.8. The standard InChI is InChI=1S/C13H15NO2/c1-10-6-7-11-4-2-3-5-12(11)14(10)9-8-13(15)16/h2-5,8-10H,6-7H2,1H3,(H,15,16). The Morgan fingerprint density at radius 1 is 1.50 bits per heavy atom. The van der Waals surface area contributed by atoms with Gasteiger partial charge in [0.25, 0.3) is 0 Å². The summed E-state index contributed by atoms with van der Waals surface area (Å²) < 4.78 is 0. The molecule has 0 saturated carbocycles. The number of nitrogens with zero attached hydrogens (tertiary/aromatic N) is 1. The van der Waals surface area contributed by atoms with Crippen molar-refractivity contribution < 1.29 is 9.90 Å². The maximum absolute atomic E-state index is 10.5. The van der Waals surface area contributed by atoms with Gasteiger partial charge in [-0.2, -0.15) is 0 Å². The molecule has 1 aromatic rings. The highest BCUT2D eigenvalue weighted by Gasteiger charge is 2.20. The summed E-state index contributed by atoms with van der Waals surface area (Å²) in [6, 6.07) is 8.50. The second-order valence-corrected chi connectivity index (χ2v) is 4.08. The van der Waals surface area contributed by atoms with Crippen LogP contribution in [0.5, 0.6) is 0 Å². The van der Waals surface area contributed by atoms with Crippen molar-refractivity contribution in [3.63, 3.8) is 0 Å². The third-order valence-electron chi connectivity index (χ3n) is 2.95. The molecule has 3 heteroatoms. The Bertz CT molecular complexity index is 426. The first-order valence-electron chi connectivity index (χ1n) is 5.46. The average molecular weight is 217 g/mol. The van der Waals surface area contributed by atoms with Crippen LogP contribution in [0.4, 0.5) is 5.69 Å². The molecule has 16 heavy (non-hydrogen) atoms. The van der Waals surface area contributed by atoms with Gasteiger partial charge in [-0.3, -0.25) is 0 Å². The van der Waals surface area contributed by atoms with Gasteiger partial charge < -0.3 is 10.0 Å². The van der Waals surface area contributed by atoms with Crippen LogP contribution in [0, 0.1) is 0 Å². The monoisotopic (exact) mass is 217 g/mol. The fraction of sp³-hybridized carbons (Fsp3) is 0.308. The van der Waals surface area contributed by atoms with Gasteiger partial charge in [-0.05, 0) is 31.4 Å². The number of hydrogen-bond acceptors (Lipinski definition) is 2. The van der Waals surface area contributed by atoms with Crippen molar-refractivity contribution in [2.24, 2.45) is 0 Å². The quantitative estimate of drug-likeness (QED) is 0.773. The van der Waals surface area contributed by atoms with E-state index in [1.165, 1.54) is 11.6 Å². The Morgan fingerprint density at radius 2 is 2.25 bits per heavy atom. The van der Waals surface area contributed by atoms with Gasteiger partial charge in [0, 0.05) is 24.0 Å². The van der Waals surface area contributed by atoms with Gasteiger partial charge in [0.1, 0.15) is 0 Å². The summed E-state index contributed by atoms with van der Waals surface area (Å²) in [6.45, 7) is 2.11. The van der Waals surface area contributed by atoms with Crippen molar-refractivity contribution in [3.8, 4) is 0 Å². The summed E-state index contributed by atoms with van der Waals surface area (Å²) in [7, 11) is 0. The average Bonchev–Trinajstić information content (AvgIpc) is 2.27. The number of aryl methyl sites for hydroxylation is 1. The molecule has 0 bridgehead atoms. The summed E-state index contributed by atoms with van der Waals surface area (Å²) in [5.74, 6) is -0.907. The molecule has 0 spiro atoms. The van der Waals surface area contributed by atoms with Crippen molar-refractivity contribution in [2.45, 2.75) is 25.8 Å². The Morgan fingerprint density at radius 3 is 3.00 bits per heavy atom. The maximum atomic E-state index is 10.5. The van der Waals surface area contributed by atoms with Gasteiger partial charge in [-0.15, -0.1) is 0 Å². The Labute approximate surface area is 95.0 Å². The van der Waals surface area contributed by atoms with Crippen LogP contribution in [-0.4, -0.2) is 17.1 Å². The third kappa shape index (κ3) is 2.08. The van der Waals surface area contributed by atoms with Gasteiger partial charge in [0.15, 0.2) is 0 Å². The molecule has 0 aliphatic carbocycles. The molecule has 1 atom stereocenters. The predicted octanol–water partition coefficient (Wildman–Crippen LogP) is 2.43. The van der Waals surface area contributed by atoms with Crippen LogP contribution in [-0.2, 0) is 11.2 Å². The summed E-state index contributed by atoms with van der Waals surface area (Å²) in [5.41, 5.74) is 2.41. The second-order valence-electron chi connectivity index (χ2n) is 4.08. The smallest absolute Gasteiger partial charge is 0.329 e. The minimum absolute atomic E-state index is 0.352. The zero-order chi connectivity index (χ0) is 11.5. The van der Waals surface area contributed by atoms with Crippen molar-refractivity contribution in [1.29, 1.82) is 0 Å². The molecule has 1 N–H and O–H groups in total. The second kappa shape index (κ2) is 4.39. The number of aliphatic carboxylic acids is 1. The summed E-state index contributed by atoms with van der Waals surface area (Å²) in [6.07, 6.45) is 4.97. The molecular weight excluding hydrogens is 202 g/mol. The number of carboxylic acids is 1. The molecule has 2 rings (SSSR count). The van der Waals surface area contributed by atoms with Gasteiger partial charge >= 0.3 is 5.97 Å². The first-order valence-corrected chi connectivity index (χ1v) is 5.46. The number of rotatable bonds is 2. The molecule has 1 heterocycles. The van der Waals surface area contributed by atoms with E-state index in [-0.39, 0.29) is 0 Å². The molecule has 0 amide bonds. The molecule has 1 aromatic carbocycles. The molecule has 0 aromatic heterocycles. The highest BCUT2D eigenvalue weighted by molar-refractivity contribution is 5.80. The van der Waals surface area contributed by atoms with E-state index in [1.807, 2.05) is 23.1 Å². The molecule has 3 nitrogen and oxygen atoms in total. The van der Waals surface area contributed by atoms with E-state index >= 15 is 0 Å². The van der Waals surface area contributed by atoms with Gasteiger partial charge in [-0.1, -0.05) is 18.2 Å². The SMILES string of the molecule is CC1CCc2ccccc2N1C=CC(=O)O. The first-order chi connectivity index (χ1) is 7.68. The van der Waals surface area contributed by atoms with Gasteiger partial charge in [0.2, 0.25) is 0 Å². The van der Waals surface area contributed by atoms with E-state index in [1.54, 1.807) is 6.20 Å². The lowest BCUT2D eigenvalue weighted by molar-refractivity contribution is -0.131. The summed E-state index contributed by atoms with van der Waals surface area (Å²) in [5, 5.41) is 8.66. The number of benzene rings is 1. The van der Waals surface area contributed by atoms with Crippen molar-refractivity contribution in [2.75, 3.05) is 4.90 Å². The van der Waals surface area contributed by atoms with E-state index in [0.717, 1.165) is 18.5 Å². The molecule has 84 valence electrons. The van der Waals surface area contributed by atoms with Gasteiger partial charge in [-0.25, -0.2) is 4.79 Å². The van der Waals surface area contributed by atoms with Crippen molar-refractivity contribution in [1.82, 2.24) is 0 Å². The fourth-order valence-corrected chi connectivity index (χ4v) is 2.09. The molecule has 1 unspecified atom stereocenters. The minimum atomic E-state index is -0.907. The van der Waals surface area contributed by atoms with Crippen LogP contribution in [0.3, 0.4) is 0 Å². The lowest BCUT2D eigenvalue weighted by atomic mass is 9.97. The van der Waals surface area contributed by atoms with E-state index < -0.39 is 5.97 Å². The van der Waals surface area contributed by atoms with Crippen LogP contribution >= 0.6 is 0 Å². The van der Waals surface area contributed by atoms with Crippen LogP contribution in [0.2, 0.25) is 0 Å². The Balaban J connectivity index is 2.33. The van der Waals surface area contributed by atoms with Crippen molar-refractivity contribution >= 4 is 11.7 Å². The number of anilines is 1. The third-order valence-corrected chi connectivity index (χ3v) is 2.95. The number of carboxylic acid groups (broad SMARTS) is 1. The minimum Gasteiger partial charge on any atom is -0.478 e. The van der Waals surface area contributed by atoms with Crippen LogP contribution in [0.1, 0.15) is 18.9 Å². The number of hydrogen-bond donors (Lipinski definition) is 1. The van der Waals surface area contributed by atoms with Crippen LogP contribution in [0.15, 0.2) is 36.5 Å². The Kier molecular flexibility index (Phi) is 2.95. The van der Waals surface area contributed by atoms with E-state index in [0.29, 0.717) is 6.04 Å². The fourth-order valence-electron chi connectivity index (χ4n) is 2.09. The summed E-state index contributed by atoms with van der Waals surface area (Å²) >= 11 is 0. The Hall–Kier alpha value is -1.77. The molecule has 1 aliphatic rings. The van der Waals surface area contributed by atoms with Crippen LogP contribution < -0.4 is 4.90 Å².